The van der Waals surface area contributed by atoms with Crippen LogP contribution in [0.1, 0.15) is 39.9 Å². The van der Waals surface area contributed by atoms with Gasteiger partial charge in [-0.15, -0.1) is 0 Å². The topological polar surface area (TPSA) is 50.8 Å². The number of benzene rings is 4. The first-order valence-electron chi connectivity index (χ1n) is 13.3. The lowest BCUT2D eigenvalue weighted by Crippen LogP contribution is -2.44. The van der Waals surface area contributed by atoms with E-state index >= 15 is 0 Å². The second-order valence-electron chi connectivity index (χ2n) is 9.72. The van der Waals surface area contributed by atoms with Gasteiger partial charge in [-0.05, 0) is 47.7 Å². The molecule has 0 bridgehead atoms. The summed E-state index contributed by atoms with van der Waals surface area (Å²) in [6.45, 7) is 3.71. The average Bonchev–Trinajstić information content (AvgIpc) is 2.98. The highest BCUT2D eigenvalue weighted by atomic mass is 16.5. The van der Waals surface area contributed by atoms with Crippen LogP contribution < -0.4 is 14.8 Å². The lowest BCUT2D eigenvalue weighted by atomic mass is 10.0. The van der Waals surface area contributed by atoms with Crippen LogP contribution in [0.15, 0.2) is 109 Å². The molecule has 5 heteroatoms. The normalized spacial score (nSPS) is 14.1. The molecule has 1 fully saturated rings. The Morgan fingerprint density at radius 3 is 1.79 bits per heavy atom. The molecule has 194 valence electrons. The smallest absolute Gasteiger partial charge is 0.251 e. The molecule has 1 N–H and O–H groups in total. The zero-order valence-electron chi connectivity index (χ0n) is 21.6. The van der Waals surface area contributed by atoms with Crippen molar-refractivity contribution in [3.8, 4) is 11.5 Å². The minimum Gasteiger partial charge on any atom is -0.485 e. The molecule has 0 saturated carbocycles. The lowest BCUT2D eigenvalue weighted by molar-refractivity contribution is 0.0908. The van der Waals surface area contributed by atoms with Gasteiger partial charge in [-0.25, -0.2) is 0 Å². The average molecular weight is 507 g/mol. The van der Waals surface area contributed by atoms with Crippen molar-refractivity contribution in [2.45, 2.75) is 38.6 Å². The first-order chi connectivity index (χ1) is 18.7. The van der Waals surface area contributed by atoms with Crippen LogP contribution >= 0.6 is 0 Å². The highest BCUT2D eigenvalue weighted by molar-refractivity contribution is 5.95. The van der Waals surface area contributed by atoms with Gasteiger partial charge >= 0.3 is 0 Å². The number of likely N-dealkylation sites (tertiary alicyclic amines) is 1. The number of rotatable bonds is 10. The summed E-state index contributed by atoms with van der Waals surface area (Å²) >= 11 is 0. The summed E-state index contributed by atoms with van der Waals surface area (Å²) < 4.78 is 12.2. The van der Waals surface area contributed by atoms with Crippen molar-refractivity contribution >= 4 is 5.91 Å². The standard InChI is InChI=1S/C33H34N2O3/c36-33(34-30-18-20-35(21-19-30)23-26-10-4-1-5-11-26)29-16-17-31(37-24-27-12-6-2-7-13-27)32(22-29)38-25-28-14-8-3-9-15-28/h1-17,22,30H,18-21,23-25H2,(H,34,36). The van der Waals surface area contributed by atoms with Crippen LogP contribution in [0, 0.1) is 0 Å². The molecule has 0 aromatic heterocycles. The summed E-state index contributed by atoms with van der Waals surface area (Å²) in [6, 6.07) is 36.2. The Morgan fingerprint density at radius 1 is 0.684 bits per heavy atom. The Labute approximate surface area is 225 Å². The van der Waals surface area contributed by atoms with Crippen molar-refractivity contribution < 1.29 is 14.3 Å². The number of carbonyl (C=O) groups excluding carboxylic acids is 1. The zero-order chi connectivity index (χ0) is 26.0. The van der Waals surface area contributed by atoms with E-state index in [0.717, 1.165) is 43.6 Å². The van der Waals surface area contributed by atoms with Crippen molar-refractivity contribution in [1.82, 2.24) is 10.2 Å². The van der Waals surface area contributed by atoms with Crippen molar-refractivity contribution in [3.05, 3.63) is 131 Å². The predicted molar refractivity (Wildman–Crippen MR) is 150 cm³/mol. The molecule has 4 aromatic rings. The fourth-order valence-electron chi connectivity index (χ4n) is 4.70. The van der Waals surface area contributed by atoms with Gasteiger partial charge in [0.1, 0.15) is 13.2 Å². The van der Waals surface area contributed by atoms with E-state index in [0.29, 0.717) is 30.3 Å². The van der Waals surface area contributed by atoms with E-state index in [1.807, 2.05) is 78.9 Å². The third-order valence-electron chi connectivity index (χ3n) is 6.85. The maximum Gasteiger partial charge on any atom is 0.251 e. The number of nitrogens with zero attached hydrogens (tertiary/aromatic N) is 1. The SMILES string of the molecule is O=C(NC1CCN(Cc2ccccc2)CC1)c1ccc(OCc2ccccc2)c(OCc2ccccc2)c1. The van der Waals surface area contributed by atoms with E-state index in [4.69, 9.17) is 9.47 Å². The van der Waals surface area contributed by atoms with E-state index in [9.17, 15) is 4.79 Å². The Hall–Kier alpha value is -4.09. The number of nitrogens with one attached hydrogen (secondary N) is 1. The van der Waals surface area contributed by atoms with Gasteiger partial charge < -0.3 is 14.8 Å². The van der Waals surface area contributed by atoms with E-state index in [1.54, 1.807) is 6.07 Å². The van der Waals surface area contributed by atoms with Gasteiger partial charge in [0.25, 0.3) is 5.91 Å². The molecule has 38 heavy (non-hydrogen) atoms. The van der Waals surface area contributed by atoms with Crippen LogP contribution in [0.25, 0.3) is 0 Å². The molecule has 0 aliphatic carbocycles. The molecule has 1 saturated heterocycles. The fraction of sp³-hybridized carbons (Fsp3) is 0.242. The van der Waals surface area contributed by atoms with Gasteiger partial charge in [0, 0.05) is 31.2 Å². The molecule has 5 nitrogen and oxygen atoms in total. The second kappa shape index (κ2) is 12.9. The number of amides is 1. The third kappa shape index (κ3) is 7.24. The van der Waals surface area contributed by atoms with Crippen LogP contribution in [0.3, 0.4) is 0 Å². The van der Waals surface area contributed by atoms with E-state index in [-0.39, 0.29) is 11.9 Å². The van der Waals surface area contributed by atoms with Crippen LogP contribution in [-0.2, 0) is 19.8 Å². The number of hydrogen-bond donors (Lipinski definition) is 1. The summed E-state index contributed by atoms with van der Waals surface area (Å²) in [5.74, 6) is 1.11. The second-order valence-corrected chi connectivity index (χ2v) is 9.72. The van der Waals surface area contributed by atoms with Gasteiger partial charge in [0.05, 0.1) is 0 Å². The van der Waals surface area contributed by atoms with Gasteiger partial charge in [0.15, 0.2) is 11.5 Å². The summed E-state index contributed by atoms with van der Waals surface area (Å²) in [5.41, 5.74) is 4.03. The van der Waals surface area contributed by atoms with Crippen molar-refractivity contribution in [3.63, 3.8) is 0 Å². The van der Waals surface area contributed by atoms with Crippen LogP contribution in [0.4, 0.5) is 0 Å². The minimum absolute atomic E-state index is 0.0781. The lowest BCUT2D eigenvalue weighted by Gasteiger charge is -2.32. The summed E-state index contributed by atoms with van der Waals surface area (Å²) in [5, 5.41) is 3.24. The van der Waals surface area contributed by atoms with E-state index < -0.39 is 0 Å². The molecule has 0 radical (unpaired) electrons. The molecule has 1 heterocycles. The number of hydrogen-bond acceptors (Lipinski definition) is 4. The summed E-state index contributed by atoms with van der Waals surface area (Å²) in [6.07, 6.45) is 1.88. The largest absolute Gasteiger partial charge is 0.485 e. The van der Waals surface area contributed by atoms with Crippen LogP contribution in [0.2, 0.25) is 0 Å². The van der Waals surface area contributed by atoms with Gasteiger partial charge in [-0.2, -0.15) is 0 Å². The molecule has 0 atom stereocenters. The Kier molecular flexibility index (Phi) is 8.69. The van der Waals surface area contributed by atoms with E-state index in [1.165, 1.54) is 5.56 Å². The molecule has 1 aliphatic heterocycles. The van der Waals surface area contributed by atoms with Crippen molar-refractivity contribution in [1.29, 1.82) is 0 Å². The monoisotopic (exact) mass is 506 g/mol. The molecule has 1 aliphatic rings. The van der Waals surface area contributed by atoms with Gasteiger partial charge in [-0.1, -0.05) is 91.0 Å². The Balaban J connectivity index is 1.21. The van der Waals surface area contributed by atoms with Gasteiger partial charge in [-0.3, -0.25) is 9.69 Å². The highest BCUT2D eigenvalue weighted by Crippen LogP contribution is 2.30. The first kappa shape index (κ1) is 25.6. The van der Waals surface area contributed by atoms with Crippen LogP contribution in [-0.4, -0.2) is 29.9 Å². The van der Waals surface area contributed by atoms with Crippen molar-refractivity contribution in [2.75, 3.05) is 13.1 Å². The molecule has 5 rings (SSSR count). The van der Waals surface area contributed by atoms with E-state index in [2.05, 4.69) is 34.5 Å². The van der Waals surface area contributed by atoms with Gasteiger partial charge in [0.2, 0.25) is 0 Å². The highest BCUT2D eigenvalue weighted by Gasteiger charge is 2.22. The quantitative estimate of drug-likeness (QED) is 0.277. The first-order valence-corrected chi connectivity index (χ1v) is 13.3. The summed E-state index contributed by atoms with van der Waals surface area (Å²) in [7, 11) is 0. The molecular weight excluding hydrogens is 472 g/mol. The minimum atomic E-state index is -0.0781. The Morgan fingerprint density at radius 2 is 1.21 bits per heavy atom. The molecule has 1 amide bonds. The maximum atomic E-state index is 13.2. The summed E-state index contributed by atoms with van der Waals surface area (Å²) in [4.78, 5) is 15.6. The Bertz CT molecular complexity index is 1290. The molecule has 0 spiro atoms. The predicted octanol–water partition coefficient (Wildman–Crippen LogP) is 6.24. The molecular formula is C33H34N2O3. The zero-order valence-corrected chi connectivity index (χ0v) is 21.6. The number of piperidine rings is 1. The number of ether oxygens (including phenoxy) is 2. The third-order valence-corrected chi connectivity index (χ3v) is 6.85. The van der Waals surface area contributed by atoms with Crippen LogP contribution in [0.5, 0.6) is 11.5 Å². The maximum absolute atomic E-state index is 13.2. The molecule has 4 aromatic carbocycles. The fourth-order valence-corrected chi connectivity index (χ4v) is 4.70. The van der Waals surface area contributed by atoms with Crippen molar-refractivity contribution in [2.24, 2.45) is 0 Å². The number of carbonyl (C=O) groups is 1. The molecule has 0 unspecified atom stereocenters.